The van der Waals surface area contributed by atoms with Crippen molar-refractivity contribution in [2.75, 3.05) is 11.0 Å². The van der Waals surface area contributed by atoms with E-state index in [4.69, 9.17) is 0 Å². The molecular formula is C20H24F3N5O6S2. The maximum Gasteiger partial charge on any atom is 0.389 e. The van der Waals surface area contributed by atoms with Gasteiger partial charge in [-0.25, -0.2) is 26.5 Å². The molecule has 2 aromatic rings. The number of aliphatic imine (C=N–C) groups is 1. The summed E-state index contributed by atoms with van der Waals surface area (Å²) in [6, 6.07) is 3.44. The molecule has 0 bridgehead atoms. The van der Waals surface area contributed by atoms with Crippen molar-refractivity contribution in [2.45, 2.75) is 50.7 Å². The second kappa shape index (κ2) is 9.72. The molecule has 0 saturated heterocycles. The zero-order chi connectivity index (χ0) is 27.1. The lowest BCUT2D eigenvalue weighted by atomic mass is 10.1. The van der Waals surface area contributed by atoms with E-state index in [-0.39, 0.29) is 23.8 Å². The highest BCUT2D eigenvalue weighted by Crippen LogP contribution is 2.33. The predicted octanol–water partition coefficient (Wildman–Crippen LogP) is 2.23. The molecule has 11 nitrogen and oxygen atoms in total. The topological polar surface area (TPSA) is 160 Å². The van der Waals surface area contributed by atoms with Gasteiger partial charge in [0.05, 0.1) is 11.9 Å². The van der Waals surface area contributed by atoms with Crippen LogP contribution in [0.5, 0.6) is 5.75 Å². The molecule has 0 aliphatic carbocycles. The van der Waals surface area contributed by atoms with Gasteiger partial charge in [0.2, 0.25) is 10.0 Å². The largest absolute Gasteiger partial charge is 0.505 e. The summed E-state index contributed by atoms with van der Waals surface area (Å²) in [5.74, 6) is -1.39. The van der Waals surface area contributed by atoms with Crippen molar-refractivity contribution in [2.24, 2.45) is 10.9 Å². The van der Waals surface area contributed by atoms with Crippen LogP contribution in [-0.2, 0) is 33.0 Å². The van der Waals surface area contributed by atoms with Crippen molar-refractivity contribution < 1.29 is 35.1 Å². The van der Waals surface area contributed by atoms with Crippen LogP contribution in [0.2, 0.25) is 0 Å². The number of nitrogens with one attached hydrogen (secondary N) is 2. The number of benzene rings is 1. The third-order valence-corrected chi connectivity index (χ3v) is 6.99. The first-order chi connectivity index (χ1) is 16.5. The normalized spacial score (nSPS) is 15.2. The van der Waals surface area contributed by atoms with Gasteiger partial charge in [-0.15, -0.1) is 0 Å². The van der Waals surface area contributed by atoms with E-state index in [1.54, 1.807) is 0 Å². The highest BCUT2D eigenvalue weighted by Gasteiger charge is 2.33. The summed E-state index contributed by atoms with van der Waals surface area (Å²) in [7, 11) is -8.12. The second-order valence-corrected chi connectivity index (χ2v) is 12.0. The quantitative estimate of drug-likeness (QED) is 0.454. The number of aromatic hydroxyl groups is 1. The minimum Gasteiger partial charge on any atom is -0.505 e. The fraction of sp³-hybridized carbons (Fsp3) is 0.450. The molecule has 3 N–H and O–H groups in total. The summed E-state index contributed by atoms with van der Waals surface area (Å²) in [5, 5.41) is 14.6. The number of rotatable bonds is 8. The predicted molar refractivity (Wildman–Crippen MR) is 125 cm³/mol. The molecule has 0 atom stereocenters. The number of anilines is 1. The fourth-order valence-corrected chi connectivity index (χ4v) is 5.06. The summed E-state index contributed by atoms with van der Waals surface area (Å²) in [5.41, 5.74) is -2.25. The van der Waals surface area contributed by atoms with E-state index in [1.165, 1.54) is 12.1 Å². The van der Waals surface area contributed by atoms with Crippen molar-refractivity contribution in [1.82, 2.24) is 14.5 Å². The van der Waals surface area contributed by atoms with Crippen LogP contribution in [0.25, 0.3) is 0 Å². The molecule has 1 aliphatic heterocycles. The molecule has 16 heteroatoms. The summed E-state index contributed by atoms with van der Waals surface area (Å²) < 4.78 is 92.3. The highest BCUT2D eigenvalue weighted by atomic mass is 32.2. The minimum atomic E-state index is -4.56. The van der Waals surface area contributed by atoms with Crippen LogP contribution in [-0.4, -0.2) is 50.0 Å². The van der Waals surface area contributed by atoms with Gasteiger partial charge < -0.3 is 5.11 Å². The van der Waals surface area contributed by atoms with Crippen LogP contribution in [0.15, 0.2) is 32.9 Å². The van der Waals surface area contributed by atoms with E-state index in [0.717, 1.165) is 17.0 Å². The molecule has 0 saturated carbocycles. The Hall–Kier alpha value is -3.14. The lowest BCUT2D eigenvalue weighted by Crippen LogP contribution is -2.40. The number of aromatic nitrogens is 2. The number of halogens is 3. The molecule has 36 heavy (non-hydrogen) atoms. The minimum absolute atomic E-state index is 0.0138. The molecule has 0 radical (unpaired) electrons. The van der Waals surface area contributed by atoms with Gasteiger partial charge in [0.25, 0.3) is 15.6 Å². The smallest absolute Gasteiger partial charge is 0.389 e. The number of alkyl halides is 3. The van der Waals surface area contributed by atoms with E-state index >= 15 is 0 Å². The Kier molecular flexibility index (Phi) is 7.41. The second-order valence-electron chi connectivity index (χ2n) is 8.62. The molecule has 1 aromatic heterocycles. The Balaban J connectivity index is 2.17. The number of amidine groups is 1. The summed E-state index contributed by atoms with van der Waals surface area (Å²) in [6.45, 7) is 3.74. The zero-order valence-electron chi connectivity index (χ0n) is 19.4. The summed E-state index contributed by atoms with van der Waals surface area (Å²) in [6.07, 6.45) is -5.32. The maximum atomic E-state index is 13.1. The first-order valence-corrected chi connectivity index (χ1v) is 14.0. The highest BCUT2D eigenvalue weighted by molar-refractivity contribution is 7.92. The molecule has 0 fully saturated rings. The van der Waals surface area contributed by atoms with Crippen molar-refractivity contribution in [3.05, 3.63) is 39.8 Å². The number of nitrogens with zero attached hydrogens (tertiary/aromatic N) is 3. The first kappa shape index (κ1) is 27.4. The van der Waals surface area contributed by atoms with Crippen LogP contribution in [0, 0.1) is 5.92 Å². The van der Waals surface area contributed by atoms with Gasteiger partial charge in [-0.1, -0.05) is 13.8 Å². The molecular weight excluding hydrogens is 527 g/mol. The third kappa shape index (κ3) is 6.54. The summed E-state index contributed by atoms with van der Waals surface area (Å²) >= 11 is 0. The molecule has 2 heterocycles. The Morgan fingerprint density at radius 1 is 1.25 bits per heavy atom. The van der Waals surface area contributed by atoms with E-state index in [1.807, 2.05) is 13.8 Å². The number of sulfonamides is 2. The van der Waals surface area contributed by atoms with Crippen molar-refractivity contribution in [3.63, 3.8) is 0 Å². The monoisotopic (exact) mass is 551 g/mol. The number of aryl methyl sites for hydroxylation is 2. The van der Waals surface area contributed by atoms with Crippen LogP contribution in [0.4, 0.5) is 24.5 Å². The molecule has 198 valence electrons. The third-order valence-electron chi connectivity index (χ3n) is 5.02. The van der Waals surface area contributed by atoms with Gasteiger partial charge in [-0.2, -0.15) is 18.3 Å². The lowest BCUT2D eigenvalue weighted by Gasteiger charge is -2.21. The van der Waals surface area contributed by atoms with Crippen molar-refractivity contribution >= 4 is 37.3 Å². The fourth-order valence-electron chi connectivity index (χ4n) is 3.32. The Morgan fingerprint density at radius 2 is 1.92 bits per heavy atom. The van der Waals surface area contributed by atoms with E-state index in [0.29, 0.717) is 6.42 Å². The van der Waals surface area contributed by atoms with Gasteiger partial charge in [-0.3, -0.25) is 14.2 Å². The average Bonchev–Trinajstić information content (AvgIpc) is 2.70. The van der Waals surface area contributed by atoms with Gasteiger partial charge in [0, 0.05) is 25.1 Å². The van der Waals surface area contributed by atoms with Gasteiger partial charge >= 0.3 is 6.18 Å². The molecule has 1 aliphatic rings. The Labute approximate surface area is 205 Å². The van der Waals surface area contributed by atoms with E-state index < -0.39 is 72.4 Å². The van der Waals surface area contributed by atoms with Crippen LogP contribution >= 0.6 is 0 Å². The van der Waals surface area contributed by atoms with Crippen molar-refractivity contribution in [3.8, 4) is 5.75 Å². The molecule has 3 rings (SSSR count). The molecule has 0 spiro atoms. The molecule has 0 amide bonds. The Morgan fingerprint density at radius 3 is 2.50 bits per heavy atom. The van der Waals surface area contributed by atoms with Gasteiger partial charge in [-0.05, 0) is 30.5 Å². The van der Waals surface area contributed by atoms with Gasteiger partial charge in [0.1, 0.15) is 16.2 Å². The van der Waals surface area contributed by atoms with Gasteiger partial charge in [0.15, 0.2) is 11.6 Å². The SMILES string of the molecule is CC(C)CCn1nc(CCC(F)(F)F)c(O)c(C2=Nc3ccc(NS(C)(=O)=O)cc3S(=O)(=O)N2)c1=O. The van der Waals surface area contributed by atoms with E-state index in [2.05, 4.69) is 19.5 Å². The maximum absolute atomic E-state index is 13.1. The zero-order valence-corrected chi connectivity index (χ0v) is 21.1. The number of fused-ring (bicyclic) bond motifs is 1. The van der Waals surface area contributed by atoms with Crippen LogP contribution < -0.4 is 15.0 Å². The molecule has 1 aromatic carbocycles. The summed E-state index contributed by atoms with van der Waals surface area (Å²) in [4.78, 5) is 16.8. The Bertz CT molecular complexity index is 1480. The van der Waals surface area contributed by atoms with Crippen molar-refractivity contribution in [1.29, 1.82) is 0 Å². The lowest BCUT2D eigenvalue weighted by molar-refractivity contribution is -0.134. The van der Waals surface area contributed by atoms with Crippen LogP contribution in [0.1, 0.15) is 37.9 Å². The van der Waals surface area contributed by atoms with Crippen LogP contribution in [0.3, 0.4) is 0 Å². The number of hydrogen-bond donors (Lipinski definition) is 3. The first-order valence-electron chi connectivity index (χ1n) is 10.6. The number of hydrogen-bond acceptors (Lipinski definition) is 8. The van der Waals surface area contributed by atoms with E-state index in [9.17, 15) is 39.9 Å². The standard InChI is InChI=1S/C20H24F3N5O6S2/c1-11(2)7-9-28-19(30)16(17(29)14(25-28)6-8-20(21,22)23)18-24-13-5-4-12(26-35(3,31)32)10-15(13)36(33,34)27-18/h4-5,10-11,26,29H,6-9H2,1-3H3,(H,24,27). The average molecular weight is 552 g/mol. The molecule has 0 unspecified atom stereocenters.